The summed E-state index contributed by atoms with van der Waals surface area (Å²) in [4.78, 5) is 16.3. The van der Waals surface area contributed by atoms with Crippen molar-refractivity contribution in [2.24, 2.45) is 5.92 Å². The topological polar surface area (TPSA) is 46.4 Å². The molecule has 0 bridgehead atoms. The second kappa shape index (κ2) is 5.60. The smallest absolute Gasteiger partial charge is 0.176 e. The molecule has 1 aliphatic rings. The predicted octanol–water partition coefficient (Wildman–Crippen LogP) is 2.95. The van der Waals surface area contributed by atoms with Crippen LogP contribution < -0.4 is 5.32 Å². The van der Waals surface area contributed by atoms with Crippen LogP contribution in [0.1, 0.15) is 54.2 Å². The summed E-state index contributed by atoms with van der Waals surface area (Å²) in [5, 5.41) is 3.42. The number of hydrogen-bond acceptors (Lipinski definition) is 3. The van der Waals surface area contributed by atoms with Crippen LogP contribution in [-0.4, -0.2) is 28.3 Å². The van der Waals surface area contributed by atoms with Crippen LogP contribution in [0, 0.1) is 12.8 Å². The van der Waals surface area contributed by atoms with Crippen LogP contribution in [0.15, 0.2) is 18.6 Å². The van der Waals surface area contributed by atoms with Gasteiger partial charge >= 0.3 is 0 Å². The van der Waals surface area contributed by atoms with Crippen LogP contribution in [0.2, 0.25) is 0 Å². The van der Waals surface area contributed by atoms with E-state index >= 15 is 0 Å². The van der Waals surface area contributed by atoms with Crippen molar-refractivity contribution < 1.29 is 4.79 Å². The molecule has 1 atom stereocenters. The van der Waals surface area contributed by atoms with Gasteiger partial charge in [-0.1, -0.05) is 6.92 Å². The fraction of sp³-hybridized carbons (Fsp3) is 0.529. The second-order valence-corrected chi connectivity index (χ2v) is 6.15. The SMILES string of the molecule is CC(=O)c1c(C)c(C(C)C2CCNCC2)c2cnccn12. The van der Waals surface area contributed by atoms with E-state index < -0.39 is 0 Å². The molecule has 0 aromatic carbocycles. The first-order valence-corrected chi connectivity index (χ1v) is 7.77. The number of ketones is 1. The highest BCUT2D eigenvalue weighted by molar-refractivity contribution is 5.96. The molecule has 2 aromatic heterocycles. The van der Waals surface area contributed by atoms with E-state index in [9.17, 15) is 4.79 Å². The number of aromatic nitrogens is 2. The van der Waals surface area contributed by atoms with E-state index in [-0.39, 0.29) is 5.78 Å². The zero-order valence-electron chi connectivity index (χ0n) is 13.0. The van der Waals surface area contributed by atoms with Gasteiger partial charge in [-0.2, -0.15) is 0 Å². The van der Waals surface area contributed by atoms with Crippen molar-refractivity contribution in [1.82, 2.24) is 14.7 Å². The minimum absolute atomic E-state index is 0.123. The van der Waals surface area contributed by atoms with Crippen molar-refractivity contribution in [2.45, 2.75) is 39.5 Å². The van der Waals surface area contributed by atoms with Gasteiger partial charge < -0.3 is 9.72 Å². The lowest BCUT2D eigenvalue weighted by atomic mass is 9.80. The van der Waals surface area contributed by atoms with E-state index in [2.05, 4.69) is 24.1 Å². The van der Waals surface area contributed by atoms with Gasteiger partial charge in [0.1, 0.15) is 0 Å². The van der Waals surface area contributed by atoms with Crippen LogP contribution in [0.5, 0.6) is 0 Å². The molecule has 21 heavy (non-hydrogen) atoms. The largest absolute Gasteiger partial charge is 0.317 e. The Morgan fingerprint density at radius 3 is 2.81 bits per heavy atom. The third-order valence-electron chi connectivity index (χ3n) is 4.91. The number of Topliss-reactive ketones (excluding diaryl/α,β-unsaturated/α-hetero) is 1. The molecule has 0 radical (unpaired) electrons. The van der Waals surface area contributed by atoms with Crippen LogP contribution >= 0.6 is 0 Å². The third-order valence-corrected chi connectivity index (χ3v) is 4.91. The number of nitrogens with one attached hydrogen (secondary N) is 1. The molecule has 2 aromatic rings. The van der Waals surface area contributed by atoms with Crippen molar-refractivity contribution in [2.75, 3.05) is 13.1 Å². The summed E-state index contributed by atoms with van der Waals surface area (Å²) in [6.07, 6.45) is 7.95. The van der Waals surface area contributed by atoms with Gasteiger partial charge in [0.2, 0.25) is 0 Å². The molecule has 1 N–H and O–H groups in total. The number of piperidine rings is 1. The van der Waals surface area contributed by atoms with Crippen LogP contribution in [0.4, 0.5) is 0 Å². The van der Waals surface area contributed by atoms with E-state index in [1.165, 1.54) is 18.4 Å². The van der Waals surface area contributed by atoms with Crippen molar-refractivity contribution in [3.05, 3.63) is 35.4 Å². The fourth-order valence-corrected chi connectivity index (χ4v) is 3.84. The first-order chi connectivity index (χ1) is 10.1. The molecule has 1 aliphatic heterocycles. The molecule has 0 spiro atoms. The first kappa shape index (κ1) is 14.3. The number of carbonyl (C=O) groups is 1. The van der Waals surface area contributed by atoms with Gasteiger partial charge in [0.05, 0.1) is 17.4 Å². The minimum atomic E-state index is 0.123. The maximum Gasteiger partial charge on any atom is 0.176 e. The van der Waals surface area contributed by atoms with Crippen LogP contribution in [0.3, 0.4) is 0 Å². The molecule has 1 fully saturated rings. The summed E-state index contributed by atoms with van der Waals surface area (Å²) in [5.74, 6) is 1.26. The highest BCUT2D eigenvalue weighted by Crippen LogP contribution is 2.37. The Morgan fingerprint density at radius 2 is 2.14 bits per heavy atom. The average molecular weight is 285 g/mol. The van der Waals surface area contributed by atoms with Crippen molar-refractivity contribution >= 4 is 11.3 Å². The van der Waals surface area contributed by atoms with Gasteiger partial charge in [-0.3, -0.25) is 9.78 Å². The summed E-state index contributed by atoms with van der Waals surface area (Å²) < 4.78 is 2.01. The van der Waals surface area contributed by atoms with Gasteiger partial charge in [0.25, 0.3) is 0 Å². The molecule has 0 amide bonds. The van der Waals surface area contributed by atoms with Crippen molar-refractivity contribution in [3.63, 3.8) is 0 Å². The van der Waals surface area contributed by atoms with Crippen LogP contribution in [0.25, 0.3) is 5.52 Å². The molecule has 4 heteroatoms. The van der Waals surface area contributed by atoms with E-state index in [1.807, 2.05) is 16.8 Å². The monoisotopic (exact) mass is 285 g/mol. The second-order valence-electron chi connectivity index (χ2n) is 6.15. The van der Waals surface area contributed by atoms with E-state index in [1.54, 1.807) is 13.1 Å². The van der Waals surface area contributed by atoms with Gasteiger partial charge in [-0.15, -0.1) is 0 Å². The third kappa shape index (κ3) is 2.38. The summed E-state index contributed by atoms with van der Waals surface area (Å²) in [5.41, 5.74) is 4.33. The molecular formula is C17H23N3O. The minimum Gasteiger partial charge on any atom is -0.317 e. The molecule has 112 valence electrons. The quantitative estimate of drug-likeness (QED) is 0.882. The summed E-state index contributed by atoms with van der Waals surface area (Å²) in [6, 6.07) is 0. The Balaban J connectivity index is 2.13. The fourth-order valence-electron chi connectivity index (χ4n) is 3.84. The molecule has 1 unspecified atom stereocenters. The average Bonchev–Trinajstić information content (AvgIpc) is 2.79. The Morgan fingerprint density at radius 1 is 1.43 bits per heavy atom. The Bertz CT molecular complexity index is 668. The van der Waals surface area contributed by atoms with E-state index in [0.717, 1.165) is 29.9 Å². The van der Waals surface area contributed by atoms with Crippen LogP contribution in [-0.2, 0) is 0 Å². The number of rotatable bonds is 3. The Hall–Kier alpha value is -1.68. The molecular weight excluding hydrogens is 262 g/mol. The standard InChI is InChI=1S/C17H23N3O/c1-11(14-4-6-18-7-5-14)16-12(2)17(13(3)21)20-9-8-19-10-15(16)20/h8-11,14,18H,4-7H2,1-3H3. The maximum absolute atomic E-state index is 12.0. The van der Waals surface area contributed by atoms with E-state index in [4.69, 9.17) is 0 Å². The highest BCUT2D eigenvalue weighted by Gasteiger charge is 2.27. The molecule has 3 heterocycles. The maximum atomic E-state index is 12.0. The van der Waals surface area contributed by atoms with Gasteiger partial charge in [-0.05, 0) is 55.8 Å². The summed E-state index contributed by atoms with van der Waals surface area (Å²) in [6.45, 7) is 8.22. The van der Waals surface area contributed by atoms with Crippen molar-refractivity contribution in [1.29, 1.82) is 0 Å². The molecule has 0 saturated carbocycles. The first-order valence-electron chi connectivity index (χ1n) is 7.77. The zero-order valence-corrected chi connectivity index (χ0v) is 13.0. The number of hydrogen-bond donors (Lipinski definition) is 1. The van der Waals surface area contributed by atoms with Crippen molar-refractivity contribution in [3.8, 4) is 0 Å². The highest BCUT2D eigenvalue weighted by atomic mass is 16.1. The van der Waals surface area contributed by atoms with Gasteiger partial charge in [0, 0.05) is 19.3 Å². The summed E-state index contributed by atoms with van der Waals surface area (Å²) in [7, 11) is 0. The zero-order chi connectivity index (χ0) is 15.0. The lowest BCUT2D eigenvalue weighted by Gasteiger charge is -2.28. The lowest BCUT2D eigenvalue weighted by Crippen LogP contribution is -2.30. The molecule has 0 aliphatic carbocycles. The number of carbonyl (C=O) groups excluding carboxylic acids is 1. The van der Waals surface area contributed by atoms with E-state index in [0.29, 0.717) is 11.8 Å². The Kier molecular flexibility index (Phi) is 3.81. The Labute approximate surface area is 125 Å². The number of fused-ring (bicyclic) bond motifs is 1. The predicted molar refractivity (Wildman–Crippen MR) is 83.9 cm³/mol. The van der Waals surface area contributed by atoms with Gasteiger partial charge in [0.15, 0.2) is 5.78 Å². The summed E-state index contributed by atoms with van der Waals surface area (Å²) >= 11 is 0. The number of nitrogens with zero attached hydrogens (tertiary/aromatic N) is 2. The molecule has 1 saturated heterocycles. The normalized spacial score (nSPS) is 18.0. The lowest BCUT2D eigenvalue weighted by molar-refractivity contribution is 0.101. The molecule has 3 rings (SSSR count). The van der Waals surface area contributed by atoms with Gasteiger partial charge in [-0.25, -0.2) is 0 Å². The molecule has 4 nitrogen and oxygen atoms in total.